The van der Waals surface area contributed by atoms with Crippen molar-refractivity contribution in [1.29, 1.82) is 0 Å². The Kier molecular flexibility index (Phi) is 5.31. The maximum absolute atomic E-state index is 13.4. The molecule has 2 rings (SSSR count). The van der Waals surface area contributed by atoms with Crippen LogP contribution >= 0.6 is 0 Å². The van der Waals surface area contributed by atoms with Gasteiger partial charge in [0.15, 0.2) is 0 Å². The number of carbonyl (C=O) groups excluding carboxylic acids is 1. The summed E-state index contributed by atoms with van der Waals surface area (Å²) >= 11 is 0. The minimum absolute atomic E-state index is 0.138. The molecule has 6 heteroatoms. The molecule has 2 amide bonds. The van der Waals surface area contributed by atoms with Crippen LogP contribution in [-0.4, -0.2) is 55.1 Å². The minimum Gasteiger partial charge on any atom is -0.334 e. The van der Waals surface area contributed by atoms with E-state index < -0.39 is 0 Å². The predicted octanol–water partition coefficient (Wildman–Crippen LogP) is 0.612. The van der Waals surface area contributed by atoms with E-state index in [2.05, 4.69) is 10.2 Å². The van der Waals surface area contributed by atoms with Crippen LogP contribution in [0.2, 0.25) is 0 Å². The molecule has 1 aromatic rings. The molecule has 20 heavy (non-hydrogen) atoms. The molecule has 0 radical (unpaired) electrons. The first-order valence-corrected chi connectivity index (χ1v) is 6.89. The molecule has 3 N–H and O–H groups in total. The van der Waals surface area contributed by atoms with Crippen LogP contribution < -0.4 is 11.1 Å². The van der Waals surface area contributed by atoms with Gasteiger partial charge >= 0.3 is 6.03 Å². The van der Waals surface area contributed by atoms with Crippen molar-refractivity contribution in [3.63, 3.8) is 0 Å². The zero-order valence-electron chi connectivity index (χ0n) is 11.5. The summed E-state index contributed by atoms with van der Waals surface area (Å²) in [6.45, 7) is 4.76. The normalized spacial score (nSPS) is 16.2. The molecule has 1 aromatic carbocycles. The molecule has 0 saturated carbocycles. The third-order valence-electron chi connectivity index (χ3n) is 3.49. The zero-order chi connectivity index (χ0) is 14.4. The summed E-state index contributed by atoms with van der Waals surface area (Å²) < 4.78 is 13.4. The Balaban J connectivity index is 1.77. The number of benzene rings is 1. The number of halogens is 1. The lowest BCUT2D eigenvalue weighted by Crippen LogP contribution is -2.52. The Hall–Kier alpha value is -1.66. The highest BCUT2D eigenvalue weighted by Gasteiger charge is 2.20. The SMILES string of the molecule is NCCN1CCN(C(=O)NCc2ccccc2F)CC1. The van der Waals surface area contributed by atoms with Gasteiger partial charge in [-0.2, -0.15) is 0 Å². The van der Waals surface area contributed by atoms with Crippen LogP contribution in [0.1, 0.15) is 5.56 Å². The summed E-state index contributed by atoms with van der Waals surface area (Å²) in [7, 11) is 0. The molecule has 0 aromatic heterocycles. The highest BCUT2D eigenvalue weighted by atomic mass is 19.1. The van der Waals surface area contributed by atoms with E-state index >= 15 is 0 Å². The van der Waals surface area contributed by atoms with Crippen molar-refractivity contribution in [2.75, 3.05) is 39.3 Å². The molecule has 1 aliphatic heterocycles. The molecule has 0 unspecified atom stereocenters. The third-order valence-corrected chi connectivity index (χ3v) is 3.49. The fourth-order valence-corrected chi connectivity index (χ4v) is 2.28. The van der Waals surface area contributed by atoms with Crippen LogP contribution in [0.4, 0.5) is 9.18 Å². The van der Waals surface area contributed by atoms with Gasteiger partial charge in [0.05, 0.1) is 0 Å². The van der Waals surface area contributed by atoms with E-state index in [1.807, 2.05) is 0 Å². The monoisotopic (exact) mass is 280 g/mol. The lowest BCUT2D eigenvalue weighted by molar-refractivity contribution is 0.141. The van der Waals surface area contributed by atoms with E-state index in [0.717, 1.165) is 19.6 Å². The predicted molar refractivity (Wildman–Crippen MR) is 75.7 cm³/mol. The first-order chi connectivity index (χ1) is 9.70. The van der Waals surface area contributed by atoms with Gasteiger partial charge in [0.25, 0.3) is 0 Å². The van der Waals surface area contributed by atoms with Crippen LogP contribution in [0.25, 0.3) is 0 Å². The van der Waals surface area contributed by atoms with Gasteiger partial charge < -0.3 is 16.0 Å². The topological polar surface area (TPSA) is 61.6 Å². The molecule has 5 nitrogen and oxygen atoms in total. The van der Waals surface area contributed by atoms with Gasteiger partial charge in [0, 0.05) is 51.4 Å². The number of piperazine rings is 1. The molecular formula is C14H21FN4O. The van der Waals surface area contributed by atoms with Crippen LogP contribution in [0.3, 0.4) is 0 Å². The maximum Gasteiger partial charge on any atom is 0.317 e. The van der Waals surface area contributed by atoms with E-state index in [4.69, 9.17) is 5.73 Å². The van der Waals surface area contributed by atoms with Crippen LogP contribution in [-0.2, 0) is 6.54 Å². The second-order valence-corrected chi connectivity index (χ2v) is 4.87. The Morgan fingerprint density at radius 3 is 2.60 bits per heavy atom. The lowest BCUT2D eigenvalue weighted by Gasteiger charge is -2.34. The number of rotatable bonds is 4. The number of hydrogen-bond acceptors (Lipinski definition) is 3. The summed E-state index contributed by atoms with van der Waals surface area (Å²) in [6, 6.07) is 6.33. The molecule has 0 atom stereocenters. The van der Waals surface area contributed by atoms with Gasteiger partial charge in [-0.05, 0) is 6.07 Å². The van der Waals surface area contributed by atoms with E-state index in [1.165, 1.54) is 6.07 Å². The lowest BCUT2D eigenvalue weighted by atomic mass is 10.2. The number of nitrogens with zero attached hydrogens (tertiary/aromatic N) is 2. The first-order valence-electron chi connectivity index (χ1n) is 6.89. The van der Waals surface area contributed by atoms with Crippen molar-refractivity contribution in [1.82, 2.24) is 15.1 Å². The summed E-state index contributed by atoms with van der Waals surface area (Å²) in [5.74, 6) is -0.291. The summed E-state index contributed by atoms with van der Waals surface area (Å²) in [5.41, 5.74) is 6.01. The van der Waals surface area contributed by atoms with Gasteiger partial charge in [0.1, 0.15) is 5.82 Å². The average molecular weight is 280 g/mol. The van der Waals surface area contributed by atoms with Crippen molar-refractivity contribution in [2.24, 2.45) is 5.73 Å². The average Bonchev–Trinajstić information content (AvgIpc) is 2.47. The maximum atomic E-state index is 13.4. The van der Waals surface area contributed by atoms with Crippen molar-refractivity contribution in [3.8, 4) is 0 Å². The van der Waals surface area contributed by atoms with Crippen molar-refractivity contribution >= 4 is 6.03 Å². The third kappa shape index (κ3) is 3.91. The highest BCUT2D eigenvalue weighted by molar-refractivity contribution is 5.74. The van der Waals surface area contributed by atoms with Crippen molar-refractivity contribution < 1.29 is 9.18 Å². The fourth-order valence-electron chi connectivity index (χ4n) is 2.28. The first kappa shape index (κ1) is 14.7. The molecule has 1 aliphatic rings. The molecule has 0 aliphatic carbocycles. The van der Waals surface area contributed by atoms with Gasteiger partial charge in [-0.3, -0.25) is 4.90 Å². The van der Waals surface area contributed by atoms with Gasteiger partial charge in [0.2, 0.25) is 0 Å². The fraction of sp³-hybridized carbons (Fsp3) is 0.500. The standard InChI is InChI=1S/C14H21FN4O/c15-13-4-2-1-3-12(13)11-17-14(20)19-9-7-18(6-5-16)8-10-19/h1-4H,5-11,16H2,(H,17,20). The van der Waals surface area contributed by atoms with E-state index in [9.17, 15) is 9.18 Å². The minimum atomic E-state index is -0.291. The largest absolute Gasteiger partial charge is 0.334 e. The summed E-state index contributed by atoms with van der Waals surface area (Å²) in [5, 5.41) is 2.76. The van der Waals surface area contributed by atoms with Gasteiger partial charge in [-0.1, -0.05) is 18.2 Å². The second kappa shape index (κ2) is 7.21. The number of hydrogen-bond donors (Lipinski definition) is 2. The summed E-state index contributed by atoms with van der Waals surface area (Å²) in [6.07, 6.45) is 0. The van der Waals surface area contributed by atoms with Crippen LogP contribution in [0, 0.1) is 5.82 Å². The van der Waals surface area contributed by atoms with Gasteiger partial charge in [-0.15, -0.1) is 0 Å². The number of carbonyl (C=O) groups is 1. The van der Waals surface area contributed by atoms with Gasteiger partial charge in [-0.25, -0.2) is 9.18 Å². The van der Waals surface area contributed by atoms with Crippen molar-refractivity contribution in [2.45, 2.75) is 6.54 Å². The number of amides is 2. The number of nitrogens with two attached hydrogens (primary N) is 1. The quantitative estimate of drug-likeness (QED) is 0.849. The van der Waals surface area contributed by atoms with Crippen molar-refractivity contribution in [3.05, 3.63) is 35.6 Å². The number of nitrogens with one attached hydrogen (secondary N) is 1. The Morgan fingerprint density at radius 2 is 1.95 bits per heavy atom. The van der Waals surface area contributed by atoms with Crippen LogP contribution in [0.15, 0.2) is 24.3 Å². The highest BCUT2D eigenvalue weighted by Crippen LogP contribution is 2.06. The molecule has 110 valence electrons. The second-order valence-electron chi connectivity index (χ2n) is 4.87. The van der Waals surface area contributed by atoms with E-state index in [-0.39, 0.29) is 18.4 Å². The Bertz CT molecular complexity index is 447. The van der Waals surface area contributed by atoms with E-state index in [0.29, 0.717) is 25.2 Å². The summed E-state index contributed by atoms with van der Waals surface area (Å²) in [4.78, 5) is 16.0. The molecule has 0 spiro atoms. The zero-order valence-corrected chi connectivity index (χ0v) is 11.5. The van der Waals surface area contributed by atoms with E-state index in [1.54, 1.807) is 23.1 Å². The molecule has 1 saturated heterocycles. The number of urea groups is 1. The molecular weight excluding hydrogens is 259 g/mol. The smallest absolute Gasteiger partial charge is 0.317 e. The Labute approximate surface area is 118 Å². The Morgan fingerprint density at radius 1 is 1.25 bits per heavy atom. The molecule has 0 bridgehead atoms. The molecule has 1 fully saturated rings. The molecule has 1 heterocycles. The van der Waals surface area contributed by atoms with Crippen LogP contribution in [0.5, 0.6) is 0 Å².